The van der Waals surface area contributed by atoms with Gasteiger partial charge in [-0.2, -0.15) is 5.26 Å². The molecule has 0 aliphatic heterocycles. The molecule has 0 saturated heterocycles. The number of nitrogens with zero attached hydrogens (tertiary/aromatic N) is 3. The average Bonchev–Trinajstić information content (AvgIpc) is 2.94. The summed E-state index contributed by atoms with van der Waals surface area (Å²) in [6.45, 7) is 1.71. The highest BCUT2D eigenvalue weighted by molar-refractivity contribution is 7.10. The van der Waals surface area contributed by atoms with E-state index in [9.17, 15) is 0 Å². The molecule has 0 fully saturated rings. The van der Waals surface area contributed by atoms with Crippen LogP contribution in [-0.2, 0) is 20.0 Å². The van der Waals surface area contributed by atoms with Gasteiger partial charge in [-0.3, -0.25) is 0 Å². The molecule has 0 radical (unpaired) electrons. The fourth-order valence-corrected chi connectivity index (χ4v) is 2.36. The summed E-state index contributed by atoms with van der Waals surface area (Å²) in [5.41, 5.74) is 0.746. The molecule has 0 aromatic carbocycles. The second kappa shape index (κ2) is 5.62. The highest BCUT2D eigenvalue weighted by Crippen LogP contribution is 2.13. The van der Waals surface area contributed by atoms with Gasteiger partial charge in [-0.05, 0) is 6.07 Å². The van der Waals surface area contributed by atoms with E-state index in [4.69, 9.17) is 5.26 Å². The zero-order valence-electron chi connectivity index (χ0n) is 9.68. The maximum absolute atomic E-state index is 8.70. The largest absolute Gasteiger partial charge is 0.338 e. The lowest BCUT2D eigenvalue weighted by atomic mass is 10.3. The summed E-state index contributed by atoms with van der Waals surface area (Å²) in [5.74, 6) is 1.08. The standard InChI is InChI=1S/C12H14N4S/c1-16-5-4-15-12(16)2-3-14-8-11-6-10(7-13)9-17-11/h4-6,9,14H,2-3,8H2,1H3. The van der Waals surface area contributed by atoms with E-state index < -0.39 is 0 Å². The molecule has 0 unspecified atom stereocenters. The van der Waals surface area contributed by atoms with Gasteiger partial charge in [0.05, 0.1) is 5.56 Å². The fourth-order valence-electron chi connectivity index (χ4n) is 1.58. The Morgan fingerprint density at radius 1 is 1.59 bits per heavy atom. The number of hydrogen-bond donors (Lipinski definition) is 1. The Labute approximate surface area is 105 Å². The van der Waals surface area contributed by atoms with Gasteiger partial charge < -0.3 is 9.88 Å². The highest BCUT2D eigenvalue weighted by atomic mass is 32.1. The van der Waals surface area contributed by atoms with Gasteiger partial charge >= 0.3 is 0 Å². The second-order valence-electron chi connectivity index (χ2n) is 3.79. The van der Waals surface area contributed by atoms with Crippen LogP contribution in [0.25, 0.3) is 0 Å². The third-order valence-electron chi connectivity index (χ3n) is 2.53. The zero-order valence-corrected chi connectivity index (χ0v) is 10.5. The molecule has 1 N–H and O–H groups in total. The number of nitrogens with one attached hydrogen (secondary N) is 1. The van der Waals surface area contributed by atoms with E-state index in [2.05, 4.69) is 16.4 Å². The Hall–Kier alpha value is -1.64. The van der Waals surface area contributed by atoms with Gasteiger partial charge in [0.2, 0.25) is 0 Å². The predicted molar refractivity (Wildman–Crippen MR) is 67.7 cm³/mol. The van der Waals surface area contributed by atoms with Crippen molar-refractivity contribution in [3.8, 4) is 6.07 Å². The quantitative estimate of drug-likeness (QED) is 0.817. The minimum atomic E-state index is 0.746. The first-order valence-corrected chi connectivity index (χ1v) is 6.32. The van der Waals surface area contributed by atoms with Crippen molar-refractivity contribution in [3.63, 3.8) is 0 Å². The minimum Gasteiger partial charge on any atom is -0.338 e. The first kappa shape index (κ1) is 11.8. The van der Waals surface area contributed by atoms with Crippen LogP contribution in [0, 0.1) is 11.3 Å². The molecule has 2 rings (SSSR count). The van der Waals surface area contributed by atoms with Gasteiger partial charge in [0.25, 0.3) is 0 Å². The molecule has 0 saturated carbocycles. The van der Waals surface area contributed by atoms with Gasteiger partial charge in [0.1, 0.15) is 11.9 Å². The van der Waals surface area contributed by atoms with E-state index in [1.54, 1.807) is 11.3 Å². The van der Waals surface area contributed by atoms with Crippen molar-refractivity contribution in [1.29, 1.82) is 5.26 Å². The number of aromatic nitrogens is 2. The zero-order chi connectivity index (χ0) is 12.1. The van der Waals surface area contributed by atoms with Crippen LogP contribution < -0.4 is 5.32 Å². The normalized spacial score (nSPS) is 10.4. The predicted octanol–water partition coefficient (Wildman–Crippen LogP) is 1.69. The van der Waals surface area contributed by atoms with Crippen LogP contribution in [0.4, 0.5) is 0 Å². The van der Waals surface area contributed by atoms with Crippen LogP contribution in [0.15, 0.2) is 23.8 Å². The fraction of sp³-hybridized carbons (Fsp3) is 0.333. The van der Waals surface area contributed by atoms with Crippen LogP contribution in [0.2, 0.25) is 0 Å². The molecular weight excluding hydrogens is 232 g/mol. The molecule has 0 aliphatic carbocycles. The maximum atomic E-state index is 8.70. The lowest BCUT2D eigenvalue weighted by Gasteiger charge is -2.03. The van der Waals surface area contributed by atoms with Crippen LogP contribution in [-0.4, -0.2) is 16.1 Å². The van der Waals surface area contributed by atoms with Crippen molar-refractivity contribution in [2.45, 2.75) is 13.0 Å². The summed E-state index contributed by atoms with van der Waals surface area (Å²) in [5, 5.41) is 13.9. The third kappa shape index (κ3) is 3.16. The lowest BCUT2D eigenvalue weighted by Crippen LogP contribution is -2.17. The van der Waals surface area contributed by atoms with E-state index in [-0.39, 0.29) is 0 Å². The SMILES string of the molecule is Cn1ccnc1CCNCc1cc(C#N)cs1. The first-order chi connectivity index (χ1) is 8.29. The lowest BCUT2D eigenvalue weighted by molar-refractivity contribution is 0.659. The summed E-state index contributed by atoms with van der Waals surface area (Å²) < 4.78 is 2.03. The van der Waals surface area contributed by atoms with E-state index >= 15 is 0 Å². The molecule has 0 aliphatic rings. The van der Waals surface area contributed by atoms with Crippen LogP contribution >= 0.6 is 11.3 Å². The summed E-state index contributed by atoms with van der Waals surface area (Å²) in [4.78, 5) is 5.46. The summed E-state index contributed by atoms with van der Waals surface area (Å²) in [6.07, 6.45) is 4.68. The summed E-state index contributed by atoms with van der Waals surface area (Å²) in [7, 11) is 2.00. The monoisotopic (exact) mass is 246 g/mol. The van der Waals surface area contributed by atoms with Crippen molar-refractivity contribution in [2.24, 2.45) is 7.05 Å². The van der Waals surface area contributed by atoms with Crippen molar-refractivity contribution in [1.82, 2.24) is 14.9 Å². The van der Waals surface area contributed by atoms with Gasteiger partial charge in [-0.15, -0.1) is 11.3 Å². The van der Waals surface area contributed by atoms with Crippen molar-refractivity contribution in [3.05, 3.63) is 40.1 Å². The van der Waals surface area contributed by atoms with Crippen molar-refractivity contribution >= 4 is 11.3 Å². The number of aryl methyl sites for hydroxylation is 1. The Morgan fingerprint density at radius 3 is 3.12 bits per heavy atom. The molecule has 2 aromatic rings. The van der Waals surface area contributed by atoms with Crippen LogP contribution in [0.1, 0.15) is 16.3 Å². The topological polar surface area (TPSA) is 53.6 Å². The Morgan fingerprint density at radius 2 is 2.47 bits per heavy atom. The maximum Gasteiger partial charge on any atom is 0.109 e. The molecule has 0 amide bonds. The summed E-state index contributed by atoms with van der Waals surface area (Å²) >= 11 is 1.62. The van der Waals surface area contributed by atoms with Gasteiger partial charge in [-0.1, -0.05) is 0 Å². The summed E-state index contributed by atoms with van der Waals surface area (Å²) in [6, 6.07) is 4.07. The van der Waals surface area contributed by atoms with Gasteiger partial charge in [0, 0.05) is 49.2 Å². The molecule has 0 spiro atoms. The number of hydrogen-bond acceptors (Lipinski definition) is 4. The number of imidazole rings is 1. The van der Waals surface area contributed by atoms with Gasteiger partial charge in [0.15, 0.2) is 0 Å². The molecule has 2 aromatic heterocycles. The Bertz CT molecular complexity index is 521. The van der Waals surface area contributed by atoms with Crippen molar-refractivity contribution < 1.29 is 0 Å². The van der Waals surface area contributed by atoms with E-state index in [1.807, 2.05) is 35.5 Å². The highest BCUT2D eigenvalue weighted by Gasteiger charge is 2.00. The Balaban J connectivity index is 1.73. The smallest absolute Gasteiger partial charge is 0.109 e. The second-order valence-corrected chi connectivity index (χ2v) is 4.79. The van der Waals surface area contributed by atoms with Crippen molar-refractivity contribution in [2.75, 3.05) is 6.54 Å². The molecular formula is C12H14N4S. The molecule has 4 nitrogen and oxygen atoms in total. The number of nitriles is 1. The number of thiophene rings is 1. The average molecular weight is 246 g/mol. The van der Waals surface area contributed by atoms with E-state index in [0.29, 0.717) is 0 Å². The molecule has 17 heavy (non-hydrogen) atoms. The third-order valence-corrected chi connectivity index (χ3v) is 3.47. The van der Waals surface area contributed by atoms with Gasteiger partial charge in [-0.25, -0.2) is 4.98 Å². The minimum absolute atomic E-state index is 0.746. The van der Waals surface area contributed by atoms with Crippen LogP contribution in [0.5, 0.6) is 0 Å². The molecule has 0 atom stereocenters. The van der Waals surface area contributed by atoms with E-state index in [1.165, 1.54) is 4.88 Å². The molecule has 0 bridgehead atoms. The molecule has 88 valence electrons. The molecule has 2 heterocycles. The van der Waals surface area contributed by atoms with E-state index in [0.717, 1.165) is 30.9 Å². The number of rotatable bonds is 5. The first-order valence-electron chi connectivity index (χ1n) is 5.44. The van der Waals surface area contributed by atoms with Crippen LogP contribution in [0.3, 0.4) is 0 Å². The Kier molecular flexibility index (Phi) is 3.91. The molecule has 5 heteroatoms.